The molecular formula is C28H26BrN3O5. The average Bonchev–Trinajstić information content (AvgIpc) is 3.25. The molecule has 37 heavy (non-hydrogen) atoms. The summed E-state index contributed by atoms with van der Waals surface area (Å²) in [4.78, 5) is 50.7. The van der Waals surface area contributed by atoms with Crippen LogP contribution in [0.15, 0.2) is 83.3 Å². The third-order valence-electron chi connectivity index (χ3n) is 6.04. The number of halogens is 1. The van der Waals surface area contributed by atoms with E-state index in [0.717, 1.165) is 26.2 Å². The third kappa shape index (κ3) is 6.62. The van der Waals surface area contributed by atoms with Gasteiger partial charge in [-0.2, -0.15) is 0 Å². The smallest absolute Gasteiger partial charge is 0.311 e. The van der Waals surface area contributed by atoms with Gasteiger partial charge in [0, 0.05) is 16.6 Å². The SMILES string of the molecule is Cc1cc(Br)ccc1NC(=O)COC(=O)[C@H]1CC(=O)N(NC(=O)C(c2ccccc2)c2ccccc2)C1. The Hall–Kier alpha value is -3.98. The number of anilines is 1. The van der Waals surface area contributed by atoms with Crippen LogP contribution in [0.1, 0.15) is 29.0 Å². The van der Waals surface area contributed by atoms with Gasteiger partial charge in [-0.25, -0.2) is 0 Å². The van der Waals surface area contributed by atoms with Gasteiger partial charge in [-0.1, -0.05) is 76.6 Å². The first kappa shape index (κ1) is 26.1. The zero-order valence-corrected chi connectivity index (χ0v) is 21.7. The van der Waals surface area contributed by atoms with Crippen molar-refractivity contribution in [3.8, 4) is 0 Å². The Morgan fingerprint density at radius 3 is 2.22 bits per heavy atom. The number of esters is 1. The lowest BCUT2D eigenvalue weighted by Crippen LogP contribution is -2.45. The quantitative estimate of drug-likeness (QED) is 0.404. The summed E-state index contributed by atoms with van der Waals surface area (Å²) in [7, 11) is 0. The molecule has 4 rings (SSSR count). The number of nitrogens with zero attached hydrogens (tertiary/aromatic N) is 1. The minimum Gasteiger partial charge on any atom is -0.455 e. The predicted molar refractivity (Wildman–Crippen MR) is 141 cm³/mol. The molecule has 9 heteroatoms. The molecule has 0 unspecified atom stereocenters. The summed E-state index contributed by atoms with van der Waals surface area (Å²) >= 11 is 3.37. The first-order valence-electron chi connectivity index (χ1n) is 11.7. The van der Waals surface area contributed by atoms with Gasteiger partial charge in [-0.3, -0.25) is 29.6 Å². The molecule has 2 N–H and O–H groups in total. The maximum Gasteiger partial charge on any atom is 0.311 e. The van der Waals surface area contributed by atoms with Gasteiger partial charge in [0.2, 0.25) is 5.91 Å². The van der Waals surface area contributed by atoms with Crippen molar-refractivity contribution >= 4 is 45.3 Å². The molecule has 0 bridgehead atoms. The summed E-state index contributed by atoms with van der Waals surface area (Å²) in [6, 6.07) is 23.9. The van der Waals surface area contributed by atoms with Gasteiger partial charge >= 0.3 is 5.97 Å². The standard InChI is InChI=1S/C28H26BrN3O5/c1-18-14-22(29)12-13-23(18)30-24(33)17-37-28(36)21-15-25(34)32(16-21)31-27(35)26(19-8-4-2-5-9-19)20-10-6-3-7-11-20/h2-14,21,26H,15-17H2,1H3,(H,30,33)(H,31,35)/t21-/m0/s1. The van der Waals surface area contributed by atoms with Crippen molar-refractivity contribution in [1.29, 1.82) is 0 Å². The number of rotatable bonds is 8. The van der Waals surface area contributed by atoms with E-state index in [2.05, 4.69) is 26.7 Å². The van der Waals surface area contributed by atoms with E-state index in [9.17, 15) is 19.2 Å². The van der Waals surface area contributed by atoms with Crippen molar-refractivity contribution in [2.75, 3.05) is 18.5 Å². The Morgan fingerprint density at radius 1 is 1.00 bits per heavy atom. The summed E-state index contributed by atoms with van der Waals surface area (Å²) in [6.45, 7) is 1.34. The molecular weight excluding hydrogens is 538 g/mol. The van der Waals surface area contributed by atoms with E-state index in [1.165, 1.54) is 0 Å². The van der Waals surface area contributed by atoms with Crippen LogP contribution < -0.4 is 10.7 Å². The second-order valence-corrected chi connectivity index (χ2v) is 9.67. The van der Waals surface area contributed by atoms with Crippen molar-refractivity contribution in [3.05, 3.63) is 100 Å². The molecule has 1 atom stereocenters. The fourth-order valence-electron chi connectivity index (χ4n) is 4.17. The highest BCUT2D eigenvalue weighted by Gasteiger charge is 2.37. The maximum atomic E-state index is 13.3. The summed E-state index contributed by atoms with van der Waals surface area (Å²) < 4.78 is 6.04. The Bertz CT molecular complexity index is 1260. The third-order valence-corrected chi connectivity index (χ3v) is 6.53. The Morgan fingerprint density at radius 2 is 1.62 bits per heavy atom. The van der Waals surface area contributed by atoms with Crippen LogP contribution in [-0.2, 0) is 23.9 Å². The average molecular weight is 564 g/mol. The number of amides is 3. The number of carbonyl (C=O) groups excluding carboxylic acids is 4. The lowest BCUT2D eigenvalue weighted by atomic mass is 9.91. The van der Waals surface area contributed by atoms with E-state index in [4.69, 9.17) is 4.74 Å². The highest BCUT2D eigenvalue weighted by atomic mass is 79.9. The molecule has 3 aromatic carbocycles. The highest BCUT2D eigenvalue weighted by Crippen LogP contribution is 2.26. The Kier molecular flexibility index (Phi) is 8.35. The number of benzene rings is 3. The number of hydrogen-bond acceptors (Lipinski definition) is 5. The van der Waals surface area contributed by atoms with Gasteiger partial charge in [0.15, 0.2) is 6.61 Å². The minimum atomic E-state index is -0.790. The number of aryl methyl sites for hydroxylation is 1. The molecule has 0 radical (unpaired) electrons. The van der Waals surface area contributed by atoms with Crippen LogP contribution in [0.5, 0.6) is 0 Å². The van der Waals surface area contributed by atoms with Crippen molar-refractivity contribution in [2.45, 2.75) is 19.3 Å². The van der Waals surface area contributed by atoms with Gasteiger partial charge in [-0.15, -0.1) is 0 Å². The van der Waals surface area contributed by atoms with Crippen molar-refractivity contribution < 1.29 is 23.9 Å². The lowest BCUT2D eigenvalue weighted by molar-refractivity contribution is -0.151. The lowest BCUT2D eigenvalue weighted by Gasteiger charge is -2.23. The molecule has 1 aliphatic rings. The zero-order valence-electron chi connectivity index (χ0n) is 20.1. The van der Waals surface area contributed by atoms with Crippen LogP contribution in [0.25, 0.3) is 0 Å². The number of carbonyl (C=O) groups is 4. The minimum absolute atomic E-state index is 0.0346. The molecule has 190 valence electrons. The van der Waals surface area contributed by atoms with Crippen LogP contribution in [-0.4, -0.2) is 41.9 Å². The second kappa shape index (κ2) is 11.8. The van der Waals surface area contributed by atoms with Gasteiger partial charge in [0.25, 0.3) is 11.8 Å². The number of hydrazine groups is 1. The van der Waals surface area contributed by atoms with Crippen molar-refractivity contribution in [3.63, 3.8) is 0 Å². The molecule has 1 fully saturated rings. The number of ether oxygens (including phenoxy) is 1. The van der Waals surface area contributed by atoms with Crippen molar-refractivity contribution in [1.82, 2.24) is 10.4 Å². The van der Waals surface area contributed by atoms with Crippen molar-refractivity contribution in [2.24, 2.45) is 5.92 Å². The van der Waals surface area contributed by atoms with Gasteiger partial charge in [0.1, 0.15) is 0 Å². The summed E-state index contributed by atoms with van der Waals surface area (Å²) in [6.07, 6.45) is -0.117. The second-order valence-electron chi connectivity index (χ2n) is 8.75. The molecule has 8 nitrogen and oxygen atoms in total. The molecule has 0 saturated carbocycles. The van der Waals surface area contributed by atoms with E-state index < -0.39 is 36.2 Å². The summed E-state index contributed by atoms with van der Waals surface area (Å²) in [5, 5.41) is 3.85. The molecule has 3 amide bonds. The van der Waals surface area contributed by atoms with E-state index >= 15 is 0 Å². The number of nitrogens with one attached hydrogen (secondary N) is 2. The maximum absolute atomic E-state index is 13.3. The largest absolute Gasteiger partial charge is 0.455 e. The molecule has 1 heterocycles. The highest BCUT2D eigenvalue weighted by molar-refractivity contribution is 9.10. The van der Waals surface area contributed by atoms with Gasteiger partial charge < -0.3 is 10.1 Å². The Labute approximate surface area is 223 Å². The van der Waals surface area contributed by atoms with Crippen LogP contribution in [0.4, 0.5) is 5.69 Å². The van der Waals surface area contributed by atoms with Crippen LogP contribution in [0.2, 0.25) is 0 Å². The van der Waals surface area contributed by atoms with Crippen LogP contribution in [0.3, 0.4) is 0 Å². The fourth-order valence-corrected chi connectivity index (χ4v) is 4.64. The molecule has 0 spiro atoms. The first-order valence-corrected chi connectivity index (χ1v) is 12.5. The molecule has 0 aliphatic carbocycles. The molecule has 0 aromatic heterocycles. The Balaban J connectivity index is 1.34. The van der Waals surface area contributed by atoms with E-state index in [-0.39, 0.29) is 18.9 Å². The van der Waals surface area contributed by atoms with Gasteiger partial charge in [-0.05, 0) is 41.8 Å². The molecule has 1 saturated heterocycles. The van der Waals surface area contributed by atoms with Gasteiger partial charge in [0.05, 0.1) is 18.4 Å². The first-order chi connectivity index (χ1) is 17.8. The van der Waals surface area contributed by atoms with E-state index in [1.54, 1.807) is 12.1 Å². The molecule has 1 aliphatic heterocycles. The van der Waals surface area contributed by atoms with Crippen LogP contribution >= 0.6 is 15.9 Å². The topological polar surface area (TPSA) is 105 Å². The predicted octanol–water partition coefficient (Wildman–Crippen LogP) is 3.95. The normalized spacial score (nSPS) is 14.9. The number of hydrogen-bond donors (Lipinski definition) is 2. The summed E-state index contributed by atoms with van der Waals surface area (Å²) in [5.74, 6) is -3.36. The monoisotopic (exact) mass is 563 g/mol. The van der Waals surface area contributed by atoms with E-state index in [0.29, 0.717) is 5.69 Å². The summed E-state index contributed by atoms with van der Waals surface area (Å²) in [5.41, 5.74) is 5.69. The van der Waals surface area contributed by atoms with E-state index in [1.807, 2.05) is 73.7 Å². The van der Waals surface area contributed by atoms with Crippen LogP contribution in [0, 0.1) is 12.8 Å². The zero-order chi connectivity index (χ0) is 26.4. The fraction of sp³-hybridized carbons (Fsp3) is 0.214. The molecule has 3 aromatic rings.